The minimum Gasteiger partial charge on any atom is -0.466 e. The highest BCUT2D eigenvalue weighted by molar-refractivity contribution is 5.76. The fraction of sp³-hybridized carbons (Fsp3) is 0.806. The predicted molar refractivity (Wildman–Crippen MR) is 301 cm³/mol. The van der Waals surface area contributed by atoms with Gasteiger partial charge in [0, 0.05) is 12.8 Å². The van der Waals surface area contributed by atoms with Crippen molar-refractivity contribution in [3.05, 3.63) is 60.8 Å². The van der Waals surface area contributed by atoms with Gasteiger partial charge in [0.2, 0.25) is 5.91 Å². The van der Waals surface area contributed by atoms with Crippen LogP contribution in [0, 0.1) is 0 Å². The molecule has 1 rings (SSSR count). The van der Waals surface area contributed by atoms with E-state index in [1.807, 2.05) is 6.08 Å². The van der Waals surface area contributed by atoms with Crippen LogP contribution in [0.1, 0.15) is 258 Å². The van der Waals surface area contributed by atoms with Gasteiger partial charge in [0.1, 0.15) is 24.4 Å². The summed E-state index contributed by atoms with van der Waals surface area (Å²) in [5, 5.41) is 54.1. The van der Waals surface area contributed by atoms with Gasteiger partial charge in [-0.1, -0.05) is 203 Å². The third-order valence-corrected chi connectivity index (χ3v) is 13.8. The molecule has 0 spiro atoms. The monoisotopic (exact) mass is 1030 g/mol. The summed E-state index contributed by atoms with van der Waals surface area (Å²) in [6, 6.07) is -0.834. The molecule has 0 bridgehead atoms. The van der Waals surface area contributed by atoms with Crippen molar-refractivity contribution in [1.29, 1.82) is 0 Å². The van der Waals surface area contributed by atoms with Crippen molar-refractivity contribution in [2.75, 3.05) is 19.8 Å². The van der Waals surface area contributed by atoms with Gasteiger partial charge < -0.3 is 45.1 Å². The molecule has 0 aromatic carbocycles. The Labute approximate surface area is 446 Å². The average Bonchev–Trinajstić information content (AvgIpc) is 3.39. The number of ether oxygens (including phenoxy) is 3. The van der Waals surface area contributed by atoms with Crippen LogP contribution >= 0.6 is 0 Å². The molecule has 1 amide bonds. The molecule has 6 N–H and O–H groups in total. The zero-order valence-corrected chi connectivity index (χ0v) is 46.6. The van der Waals surface area contributed by atoms with Crippen molar-refractivity contribution in [2.24, 2.45) is 0 Å². The maximum Gasteiger partial charge on any atom is 0.305 e. The second-order valence-electron chi connectivity index (χ2n) is 20.7. The highest BCUT2D eigenvalue weighted by Crippen LogP contribution is 2.23. The normalized spacial score (nSPS) is 19.4. The number of nitrogens with one attached hydrogen (secondary N) is 1. The van der Waals surface area contributed by atoms with Crippen molar-refractivity contribution in [3.8, 4) is 0 Å². The van der Waals surface area contributed by atoms with Crippen LogP contribution in [0.25, 0.3) is 0 Å². The van der Waals surface area contributed by atoms with Gasteiger partial charge in [-0.3, -0.25) is 9.59 Å². The first-order valence-corrected chi connectivity index (χ1v) is 30.1. The standard InChI is InChI=1S/C62H111NO10/c1-3-5-7-9-11-13-14-15-16-24-27-30-34-38-42-46-50-58(67)71-51-47-43-39-35-31-28-25-22-20-18-17-19-21-23-26-29-33-37-41-45-49-57(66)63-54(55(65)48-44-40-36-32-12-10-8-6-4-2)53-72-62-61(70)60(69)59(68)56(52-64)73-62/h12-14,16-17,19,24,32,44,48,54-56,59-62,64-65,68-70H,3-11,15,18,20-23,25-31,33-43,45-47,49-53H2,1-2H3,(H,63,66)/b14-13-,19-17-,24-16-,32-12+,48-44+. The van der Waals surface area contributed by atoms with Gasteiger partial charge in [-0.25, -0.2) is 0 Å². The first kappa shape index (κ1) is 68.4. The van der Waals surface area contributed by atoms with Gasteiger partial charge in [-0.2, -0.15) is 0 Å². The summed E-state index contributed by atoms with van der Waals surface area (Å²) < 4.78 is 16.7. The lowest BCUT2D eigenvalue weighted by Gasteiger charge is -2.40. The fourth-order valence-electron chi connectivity index (χ4n) is 9.00. The Hall–Kier alpha value is -2.64. The number of aliphatic hydroxyl groups excluding tert-OH is 5. The molecule has 7 atom stereocenters. The first-order chi connectivity index (χ1) is 35.7. The minimum atomic E-state index is -1.58. The maximum atomic E-state index is 13.0. The summed E-state index contributed by atoms with van der Waals surface area (Å²) >= 11 is 0. The van der Waals surface area contributed by atoms with Crippen molar-refractivity contribution in [3.63, 3.8) is 0 Å². The van der Waals surface area contributed by atoms with Crippen molar-refractivity contribution in [1.82, 2.24) is 5.32 Å². The van der Waals surface area contributed by atoms with E-state index in [-0.39, 0.29) is 18.5 Å². The molecule has 1 fully saturated rings. The molecule has 7 unspecified atom stereocenters. The first-order valence-electron chi connectivity index (χ1n) is 30.1. The van der Waals surface area contributed by atoms with E-state index >= 15 is 0 Å². The lowest BCUT2D eigenvalue weighted by molar-refractivity contribution is -0.302. The van der Waals surface area contributed by atoms with Crippen molar-refractivity contribution < 1.29 is 49.3 Å². The second kappa shape index (κ2) is 51.5. The maximum absolute atomic E-state index is 13.0. The third kappa shape index (κ3) is 41.2. The van der Waals surface area contributed by atoms with Gasteiger partial charge in [0.15, 0.2) is 6.29 Å². The number of esters is 1. The molecule has 0 radical (unpaired) electrons. The van der Waals surface area contributed by atoms with E-state index in [2.05, 4.69) is 67.8 Å². The summed E-state index contributed by atoms with van der Waals surface area (Å²) in [7, 11) is 0. The smallest absolute Gasteiger partial charge is 0.305 e. The zero-order valence-electron chi connectivity index (χ0n) is 46.6. The van der Waals surface area contributed by atoms with Crippen LogP contribution in [0.2, 0.25) is 0 Å². The molecule has 0 aliphatic carbocycles. The van der Waals surface area contributed by atoms with E-state index in [0.717, 1.165) is 89.9 Å². The van der Waals surface area contributed by atoms with E-state index in [4.69, 9.17) is 14.2 Å². The number of allylic oxidation sites excluding steroid dienone is 9. The predicted octanol–water partition coefficient (Wildman–Crippen LogP) is 13.8. The van der Waals surface area contributed by atoms with E-state index in [0.29, 0.717) is 19.4 Å². The Kier molecular flexibility index (Phi) is 48.2. The largest absolute Gasteiger partial charge is 0.466 e. The molecule has 0 aromatic heterocycles. The molecule has 0 aromatic rings. The minimum absolute atomic E-state index is 0.0227. The van der Waals surface area contributed by atoms with Crippen LogP contribution in [0.15, 0.2) is 60.8 Å². The molecular formula is C62H111NO10. The molecule has 1 heterocycles. The number of hydrogen-bond acceptors (Lipinski definition) is 10. The third-order valence-electron chi connectivity index (χ3n) is 13.8. The highest BCUT2D eigenvalue weighted by Gasteiger charge is 2.44. The summed E-state index contributed by atoms with van der Waals surface area (Å²) in [6.45, 7) is 4.23. The van der Waals surface area contributed by atoms with Crippen LogP contribution in [0.3, 0.4) is 0 Å². The molecule has 1 saturated heterocycles. The number of carbonyl (C=O) groups is 2. The van der Waals surface area contributed by atoms with Gasteiger partial charge in [0.25, 0.3) is 0 Å². The lowest BCUT2D eigenvalue weighted by Crippen LogP contribution is -2.60. The van der Waals surface area contributed by atoms with Gasteiger partial charge in [-0.05, 0) is 103 Å². The quantitative estimate of drug-likeness (QED) is 0.0195. The Morgan fingerprint density at radius 1 is 0.507 bits per heavy atom. The Bertz CT molecular complexity index is 1400. The van der Waals surface area contributed by atoms with Crippen molar-refractivity contribution >= 4 is 11.9 Å². The number of aliphatic hydroxyl groups is 5. The Morgan fingerprint density at radius 2 is 0.932 bits per heavy atom. The molecular weight excluding hydrogens is 919 g/mol. The fourth-order valence-corrected chi connectivity index (χ4v) is 9.00. The molecule has 424 valence electrons. The number of amides is 1. The number of hydrogen-bond donors (Lipinski definition) is 6. The van der Waals surface area contributed by atoms with E-state index in [1.54, 1.807) is 6.08 Å². The van der Waals surface area contributed by atoms with Gasteiger partial charge in [-0.15, -0.1) is 0 Å². The lowest BCUT2D eigenvalue weighted by atomic mass is 9.99. The molecule has 0 saturated carbocycles. The average molecular weight is 1030 g/mol. The topological polar surface area (TPSA) is 175 Å². The summed E-state index contributed by atoms with van der Waals surface area (Å²) in [6.07, 6.45) is 56.2. The SMILES string of the molecule is CCCCC/C=C/CC/C=C/C(O)C(COC1OC(CO)C(O)C(O)C1O)NC(=O)CCCCCCCCC/C=C\CCCCCCCCCCCOC(=O)CCCCCCC/C=C\C/C=C\CCCCCC. The zero-order chi connectivity index (χ0) is 53.1. The highest BCUT2D eigenvalue weighted by atomic mass is 16.7. The van der Waals surface area contributed by atoms with Gasteiger partial charge in [0.05, 0.1) is 32.0 Å². The van der Waals surface area contributed by atoms with Crippen LogP contribution in [0.4, 0.5) is 0 Å². The Morgan fingerprint density at radius 3 is 1.47 bits per heavy atom. The summed E-state index contributed by atoms with van der Waals surface area (Å²) in [4.78, 5) is 25.1. The van der Waals surface area contributed by atoms with Crippen LogP contribution in [-0.2, 0) is 23.8 Å². The van der Waals surface area contributed by atoms with E-state index < -0.39 is 49.5 Å². The second-order valence-corrected chi connectivity index (χ2v) is 20.7. The van der Waals surface area contributed by atoms with Crippen molar-refractivity contribution in [2.45, 2.75) is 301 Å². The summed E-state index contributed by atoms with van der Waals surface area (Å²) in [5.74, 6) is -0.227. The molecule has 1 aliphatic heterocycles. The number of rotatable bonds is 51. The molecule has 73 heavy (non-hydrogen) atoms. The van der Waals surface area contributed by atoms with Gasteiger partial charge >= 0.3 is 5.97 Å². The Balaban J connectivity index is 2.03. The molecule has 11 heteroatoms. The summed E-state index contributed by atoms with van der Waals surface area (Å²) in [5.41, 5.74) is 0. The molecule has 1 aliphatic rings. The van der Waals surface area contributed by atoms with Crippen LogP contribution in [-0.4, -0.2) is 100 Å². The van der Waals surface area contributed by atoms with Crippen LogP contribution in [0.5, 0.6) is 0 Å². The van der Waals surface area contributed by atoms with E-state index in [1.165, 1.54) is 141 Å². The van der Waals surface area contributed by atoms with Crippen LogP contribution < -0.4 is 5.32 Å². The molecule has 11 nitrogen and oxygen atoms in total. The number of carbonyl (C=O) groups excluding carboxylic acids is 2. The number of unbranched alkanes of at least 4 members (excludes halogenated alkanes) is 29. The van der Waals surface area contributed by atoms with E-state index in [9.17, 15) is 35.1 Å².